The van der Waals surface area contributed by atoms with Gasteiger partial charge in [0.25, 0.3) is 0 Å². The first-order valence-corrected chi connectivity index (χ1v) is 7.44. The zero-order valence-corrected chi connectivity index (χ0v) is 12.5. The Balaban J connectivity index is 2.27. The summed E-state index contributed by atoms with van der Waals surface area (Å²) in [4.78, 5) is 4.25. The van der Waals surface area contributed by atoms with Crippen LogP contribution in [-0.2, 0) is 6.18 Å². The number of halogens is 3. The minimum Gasteiger partial charge on any atom is -0.370 e. The predicted molar refractivity (Wildman–Crippen MR) is 78.5 cm³/mol. The summed E-state index contributed by atoms with van der Waals surface area (Å²) in [6, 6.07) is 2.15. The molecule has 0 bridgehead atoms. The summed E-state index contributed by atoms with van der Waals surface area (Å²) < 4.78 is 38.9. The fourth-order valence-corrected chi connectivity index (χ4v) is 2.80. The molecule has 1 fully saturated rings. The highest BCUT2D eigenvalue weighted by molar-refractivity contribution is 5.51. The van der Waals surface area contributed by atoms with Gasteiger partial charge in [0.15, 0.2) is 0 Å². The molecule has 0 aromatic carbocycles. The molecule has 0 aliphatic heterocycles. The molecule has 2 N–H and O–H groups in total. The second kappa shape index (κ2) is 6.12. The number of hydrogen-bond acceptors (Lipinski definition) is 3. The van der Waals surface area contributed by atoms with Crippen LogP contribution in [0.25, 0.3) is 0 Å². The van der Waals surface area contributed by atoms with Crippen LogP contribution in [0.2, 0.25) is 0 Å². The van der Waals surface area contributed by atoms with Gasteiger partial charge in [0, 0.05) is 12.1 Å². The molecule has 0 saturated heterocycles. The van der Waals surface area contributed by atoms with E-state index in [0.717, 1.165) is 37.8 Å². The van der Waals surface area contributed by atoms with Crippen LogP contribution in [0.4, 0.5) is 24.8 Å². The third-order valence-electron chi connectivity index (χ3n) is 3.90. The van der Waals surface area contributed by atoms with Crippen LogP contribution in [0.5, 0.6) is 0 Å². The average molecular weight is 301 g/mol. The molecule has 6 heteroatoms. The molecule has 1 aliphatic carbocycles. The molecule has 1 heterocycles. The number of nitrogens with zero attached hydrogens (tertiary/aromatic N) is 1. The van der Waals surface area contributed by atoms with Crippen molar-refractivity contribution in [3.8, 4) is 0 Å². The Kier molecular flexibility index (Phi) is 4.64. The molecule has 0 radical (unpaired) electrons. The number of rotatable bonds is 4. The highest BCUT2D eigenvalue weighted by Crippen LogP contribution is 2.35. The van der Waals surface area contributed by atoms with E-state index in [-0.39, 0.29) is 11.4 Å². The van der Waals surface area contributed by atoms with Gasteiger partial charge in [0.2, 0.25) is 0 Å². The average Bonchev–Trinajstić information content (AvgIpc) is 2.38. The van der Waals surface area contributed by atoms with Crippen LogP contribution in [-0.4, -0.2) is 17.1 Å². The second-order valence-electron chi connectivity index (χ2n) is 5.90. The van der Waals surface area contributed by atoms with Gasteiger partial charge >= 0.3 is 6.18 Å². The number of alkyl halides is 3. The molecular weight excluding hydrogens is 279 g/mol. The molecule has 0 spiro atoms. The summed E-state index contributed by atoms with van der Waals surface area (Å²) in [6.07, 6.45) is 0.945. The minimum atomic E-state index is -4.36. The fourth-order valence-electron chi connectivity index (χ4n) is 2.80. The lowest BCUT2D eigenvalue weighted by atomic mass is 9.83. The smallest absolute Gasteiger partial charge is 0.370 e. The Morgan fingerprint density at radius 2 is 1.76 bits per heavy atom. The van der Waals surface area contributed by atoms with Gasteiger partial charge in [0.1, 0.15) is 11.6 Å². The minimum absolute atomic E-state index is 0.168. The van der Waals surface area contributed by atoms with Crippen molar-refractivity contribution < 1.29 is 13.2 Å². The number of nitrogens with one attached hydrogen (secondary N) is 2. The van der Waals surface area contributed by atoms with Gasteiger partial charge in [-0.1, -0.05) is 19.3 Å². The zero-order valence-electron chi connectivity index (χ0n) is 12.5. The van der Waals surface area contributed by atoms with Gasteiger partial charge in [-0.2, -0.15) is 13.2 Å². The highest BCUT2D eigenvalue weighted by atomic mass is 19.4. The summed E-state index contributed by atoms with van der Waals surface area (Å²) in [7, 11) is 0. The topological polar surface area (TPSA) is 37.0 Å². The molecule has 3 nitrogen and oxygen atoms in total. The first-order valence-electron chi connectivity index (χ1n) is 7.44. The van der Waals surface area contributed by atoms with Crippen molar-refractivity contribution in [2.24, 2.45) is 0 Å². The van der Waals surface area contributed by atoms with Gasteiger partial charge in [-0.25, -0.2) is 4.98 Å². The normalized spacial score (nSPS) is 18.3. The third-order valence-corrected chi connectivity index (χ3v) is 3.90. The standard InChI is InChI=1S/C15H22F3N3/c1-3-19-12-9-11(15(16,17)18)10-13(20-12)21-14(2)7-5-4-6-8-14/h9-10H,3-8H2,1-2H3,(H2,19,20,21). The van der Waals surface area contributed by atoms with Gasteiger partial charge in [-0.05, 0) is 38.8 Å². The summed E-state index contributed by atoms with van der Waals surface area (Å²) in [5.74, 6) is 0.555. The molecule has 1 saturated carbocycles. The number of aromatic nitrogens is 1. The fraction of sp³-hybridized carbons (Fsp3) is 0.667. The van der Waals surface area contributed by atoms with Crippen molar-refractivity contribution in [3.63, 3.8) is 0 Å². The number of hydrogen-bond donors (Lipinski definition) is 2. The Labute approximate surface area is 123 Å². The van der Waals surface area contributed by atoms with Crippen molar-refractivity contribution in [2.45, 2.75) is 57.7 Å². The van der Waals surface area contributed by atoms with E-state index in [1.807, 2.05) is 6.92 Å². The zero-order chi connectivity index (χ0) is 15.5. The van der Waals surface area contributed by atoms with E-state index in [2.05, 4.69) is 22.5 Å². The second-order valence-corrected chi connectivity index (χ2v) is 5.90. The van der Waals surface area contributed by atoms with Crippen LogP contribution in [0.15, 0.2) is 12.1 Å². The summed E-state index contributed by atoms with van der Waals surface area (Å²) in [6.45, 7) is 4.42. The molecule has 21 heavy (non-hydrogen) atoms. The number of pyridine rings is 1. The molecule has 1 aliphatic rings. The van der Waals surface area contributed by atoms with Gasteiger partial charge < -0.3 is 10.6 Å². The quantitative estimate of drug-likeness (QED) is 0.848. The van der Waals surface area contributed by atoms with E-state index in [1.54, 1.807) is 0 Å². The van der Waals surface area contributed by atoms with Crippen LogP contribution in [0.1, 0.15) is 51.5 Å². The summed E-state index contributed by atoms with van der Waals surface area (Å²) in [5.41, 5.74) is -0.839. The van der Waals surface area contributed by atoms with Crippen LogP contribution in [0.3, 0.4) is 0 Å². The van der Waals surface area contributed by atoms with E-state index in [0.29, 0.717) is 12.4 Å². The monoisotopic (exact) mass is 301 g/mol. The van der Waals surface area contributed by atoms with Gasteiger partial charge in [0.05, 0.1) is 5.56 Å². The van der Waals surface area contributed by atoms with Crippen LogP contribution >= 0.6 is 0 Å². The van der Waals surface area contributed by atoms with E-state index in [9.17, 15) is 13.2 Å². The van der Waals surface area contributed by atoms with E-state index in [1.165, 1.54) is 6.42 Å². The Bertz CT molecular complexity index is 480. The Morgan fingerprint density at radius 3 is 2.33 bits per heavy atom. The van der Waals surface area contributed by atoms with E-state index >= 15 is 0 Å². The lowest BCUT2D eigenvalue weighted by Gasteiger charge is -2.35. The molecular formula is C15H22F3N3. The molecule has 0 amide bonds. The van der Waals surface area contributed by atoms with Gasteiger partial charge in [-0.15, -0.1) is 0 Å². The summed E-state index contributed by atoms with van der Waals surface area (Å²) >= 11 is 0. The predicted octanol–water partition coefficient (Wildman–Crippen LogP) is 4.67. The highest BCUT2D eigenvalue weighted by Gasteiger charge is 2.33. The maximum absolute atomic E-state index is 13.0. The van der Waals surface area contributed by atoms with Crippen molar-refractivity contribution in [1.29, 1.82) is 0 Å². The molecule has 2 rings (SSSR count). The van der Waals surface area contributed by atoms with Crippen molar-refractivity contribution >= 4 is 11.6 Å². The SMILES string of the molecule is CCNc1cc(C(F)(F)F)cc(NC2(C)CCCCC2)n1. The lowest BCUT2D eigenvalue weighted by molar-refractivity contribution is -0.137. The largest absolute Gasteiger partial charge is 0.416 e. The maximum atomic E-state index is 13.0. The molecule has 1 aromatic rings. The first-order chi connectivity index (χ1) is 9.82. The molecule has 0 atom stereocenters. The van der Waals surface area contributed by atoms with Crippen LogP contribution < -0.4 is 10.6 Å². The van der Waals surface area contributed by atoms with E-state index in [4.69, 9.17) is 0 Å². The molecule has 0 unspecified atom stereocenters. The molecule has 1 aromatic heterocycles. The Hall–Kier alpha value is -1.46. The maximum Gasteiger partial charge on any atom is 0.416 e. The van der Waals surface area contributed by atoms with Crippen molar-refractivity contribution in [3.05, 3.63) is 17.7 Å². The molecule has 118 valence electrons. The summed E-state index contributed by atoms with van der Waals surface area (Å²) in [5, 5.41) is 6.08. The van der Waals surface area contributed by atoms with Crippen LogP contribution in [0, 0.1) is 0 Å². The van der Waals surface area contributed by atoms with Crippen molar-refractivity contribution in [1.82, 2.24) is 4.98 Å². The van der Waals surface area contributed by atoms with Crippen molar-refractivity contribution in [2.75, 3.05) is 17.2 Å². The Morgan fingerprint density at radius 1 is 1.14 bits per heavy atom. The third kappa shape index (κ3) is 4.25. The van der Waals surface area contributed by atoms with Gasteiger partial charge in [-0.3, -0.25) is 0 Å². The number of anilines is 2. The van der Waals surface area contributed by atoms with E-state index < -0.39 is 11.7 Å². The lowest BCUT2D eigenvalue weighted by Crippen LogP contribution is -2.37. The first kappa shape index (κ1) is 15.9.